The van der Waals surface area contributed by atoms with E-state index in [1.165, 1.54) is 11.3 Å². The Kier molecular flexibility index (Phi) is 5.18. The molecule has 0 atom stereocenters. The van der Waals surface area contributed by atoms with E-state index in [0.717, 1.165) is 15.8 Å². The van der Waals surface area contributed by atoms with Crippen molar-refractivity contribution in [3.8, 4) is 11.8 Å². The van der Waals surface area contributed by atoms with Gasteiger partial charge in [-0.05, 0) is 48.0 Å². The third-order valence-electron chi connectivity index (χ3n) is 4.39. The van der Waals surface area contributed by atoms with E-state index in [-0.39, 0.29) is 5.91 Å². The summed E-state index contributed by atoms with van der Waals surface area (Å²) in [7, 11) is 1.60. The molecule has 29 heavy (non-hydrogen) atoms. The van der Waals surface area contributed by atoms with Crippen LogP contribution in [0.4, 0.5) is 5.13 Å². The quantitative estimate of drug-likeness (QED) is 0.495. The van der Waals surface area contributed by atoms with Gasteiger partial charge < -0.3 is 4.74 Å². The highest BCUT2D eigenvalue weighted by Gasteiger charge is 2.22. The SMILES string of the molecule is COc1cccc2sc(N(Cc3cccnc3)C(=O)c3ccc(C#N)cc3)nc12. The van der Waals surface area contributed by atoms with Gasteiger partial charge in [-0.2, -0.15) is 5.26 Å². The second kappa shape index (κ2) is 8.09. The number of nitriles is 1. The van der Waals surface area contributed by atoms with Crippen LogP contribution in [-0.2, 0) is 6.54 Å². The summed E-state index contributed by atoms with van der Waals surface area (Å²) in [6.07, 6.45) is 3.42. The van der Waals surface area contributed by atoms with E-state index in [2.05, 4.69) is 16.0 Å². The Labute approximate surface area is 171 Å². The fraction of sp³-hybridized carbons (Fsp3) is 0.0909. The summed E-state index contributed by atoms with van der Waals surface area (Å²) in [5.74, 6) is 0.466. The van der Waals surface area contributed by atoms with Crippen LogP contribution >= 0.6 is 11.3 Å². The molecule has 2 heterocycles. The van der Waals surface area contributed by atoms with Crippen molar-refractivity contribution in [2.24, 2.45) is 0 Å². The molecule has 7 heteroatoms. The number of hydrogen-bond acceptors (Lipinski definition) is 6. The molecule has 2 aromatic heterocycles. The number of carbonyl (C=O) groups excluding carboxylic acids is 1. The maximum absolute atomic E-state index is 13.3. The van der Waals surface area contributed by atoms with Crippen LogP contribution in [0.5, 0.6) is 5.75 Å². The largest absolute Gasteiger partial charge is 0.494 e. The van der Waals surface area contributed by atoms with E-state index in [0.29, 0.717) is 28.6 Å². The number of benzene rings is 2. The minimum atomic E-state index is -0.198. The second-order valence-electron chi connectivity index (χ2n) is 6.25. The first kappa shape index (κ1) is 18.6. The molecule has 2 aromatic carbocycles. The maximum Gasteiger partial charge on any atom is 0.260 e. The normalized spacial score (nSPS) is 10.5. The van der Waals surface area contributed by atoms with Crippen LogP contribution in [0.15, 0.2) is 67.0 Å². The third kappa shape index (κ3) is 3.79. The van der Waals surface area contributed by atoms with Crippen molar-refractivity contribution in [3.63, 3.8) is 0 Å². The molecule has 0 aliphatic heterocycles. The maximum atomic E-state index is 13.3. The summed E-state index contributed by atoms with van der Waals surface area (Å²) in [5.41, 5.74) is 2.60. The molecule has 6 nitrogen and oxygen atoms in total. The summed E-state index contributed by atoms with van der Waals surface area (Å²) < 4.78 is 6.34. The first-order chi connectivity index (χ1) is 14.2. The Balaban J connectivity index is 1.77. The van der Waals surface area contributed by atoms with Crippen LogP contribution in [0.1, 0.15) is 21.5 Å². The number of aromatic nitrogens is 2. The summed E-state index contributed by atoms with van der Waals surface area (Å²) >= 11 is 1.43. The average molecular weight is 400 g/mol. The minimum absolute atomic E-state index is 0.198. The number of fused-ring (bicyclic) bond motifs is 1. The molecule has 0 saturated carbocycles. The number of amides is 1. The van der Waals surface area contributed by atoms with Gasteiger partial charge >= 0.3 is 0 Å². The third-order valence-corrected chi connectivity index (χ3v) is 5.43. The van der Waals surface area contributed by atoms with Gasteiger partial charge in [0.1, 0.15) is 11.3 Å². The molecule has 0 aliphatic rings. The lowest BCUT2D eigenvalue weighted by Crippen LogP contribution is -2.30. The molecule has 4 rings (SSSR count). The molecule has 0 fully saturated rings. The molecule has 0 aliphatic carbocycles. The number of rotatable bonds is 5. The van der Waals surface area contributed by atoms with Gasteiger partial charge in [0.25, 0.3) is 5.91 Å². The fourth-order valence-electron chi connectivity index (χ4n) is 2.94. The molecule has 0 unspecified atom stereocenters. The van der Waals surface area contributed by atoms with Gasteiger partial charge in [0.15, 0.2) is 5.13 Å². The van der Waals surface area contributed by atoms with E-state index in [1.54, 1.807) is 48.7 Å². The number of pyridine rings is 1. The number of thiazole rings is 1. The second-order valence-corrected chi connectivity index (χ2v) is 7.25. The highest BCUT2D eigenvalue weighted by atomic mass is 32.1. The smallest absolute Gasteiger partial charge is 0.260 e. The van der Waals surface area contributed by atoms with E-state index < -0.39 is 0 Å². The van der Waals surface area contributed by atoms with Crippen LogP contribution < -0.4 is 9.64 Å². The van der Waals surface area contributed by atoms with E-state index in [1.807, 2.05) is 30.3 Å². The van der Waals surface area contributed by atoms with Crippen molar-refractivity contribution >= 4 is 32.6 Å². The van der Waals surface area contributed by atoms with Gasteiger partial charge in [0.05, 0.1) is 30.0 Å². The topological polar surface area (TPSA) is 79.1 Å². The van der Waals surface area contributed by atoms with Crippen LogP contribution in [0.2, 0.25) is 0 Å². The lowest BCUT2D eigenvalue weighted by atomic mass is 10.1. The minimum Gasteiger partial charge on any atom is -0.494 e. The standard InChI is InChI=1S/C22H16N4O2S/c1-28-18-5-2-6-19-20(18)25-22(29-19)26(14-16-4-3-11-24-13-16)21(27)17-9-7-15(12-23)8-10-17/h2-11,13H,14H2,1H3. The zero-order chi connectivity index (χ0) is 20.2. The lowest BCUT2D eigenvalue weighted by molar-refractivity contribution is 0.0985. The number of hydrogen-bond donors (Lipinski definition) is 0. The Bertz CT molecular complexity index is 1200. The van der Waals surface area contributed by atoms with Gasteiger partial charge in [-0.1, -0.05) is 23.5 Å². The summed E-state index contributed by atoms with van der Waals surface area (Å²) in [6.45, 7) is 0.328. The van der Waals surface area contributed by atoms with E-state index in [4.69, 9.17) is 10.00 Å². The molecular formula is C22H16N4O2S. The number of anilines is 1. The van der Waals surface area contributed by atoms with Crippen molar-refractivity contribution < 1.29 is 9.53 Å². The Morgan fingerprint density at radius 3 is 2.69 bits per heavy atom. The van der Waals surface area contributed by atoms with Gasteiger partial charge in [0.2, 0.25) is 0 Å². The van der Waals surface area contributed by atoms with Gasteiger partial charge in [-0.3, -0.25) is 14.7 Å². The predicted molar refractivity (Wildman–Crippen MR) is 112 cm³/mol. The van der Waals surface area contributed by atoms with Crippen LogP contribution in [0.25, 0.3) is 10.2 Å². The van der Waals surface area contributed by atoms with Crippen LogP contribution in [0, 0.1) is 11.3 Å². The van der Waals surface area contributed by atoms with Gasteiger partial charge in [-0.25, -0.2) is 4.98 Å². The molecule has 0 radical (unpaired) electrons. The Morgan fingerprint density at radius 2 is 2.00 bits per heavy atom. The molecule has 0 N–H and O–H groups in total. The highest BCUT2D eigenvalue weighted by molar-refractivity contribution is 7.22. The van der Waals surface area contributed by atoms with Crippen molar-refractivity contribution in [3.05, 3.63) is 83.7 Å². The van der Waals surface area contributed by atoms with E-state index >= 15 is 0 Å². The van der Waals surface area contributed by atoms with Crippen LogP contribution in [-0.4, -0.2) is 23.0 Å². The van der Waals surface area contributed by atoms with Gasteiger partial charge in [-0.15, -0.1) is 0 Å². The number of ether oxygens (including phenoxy) is 1. The monoisotopic (exact) mass is 400 g/mol. The Hall–Kier alpha value is -3.76. The summed E-state index contributed by atoms with van der Waals surface area (Å²) in [4.78, 5) is 23.8. The zero-order valence-corrected chi connectivity index (χ0v) is 16.4. The molecular weight excluding hydrogens is 384 g/mol. The number of carbonyl (C=O) groups is 1. The predicted octanol–water partition coefficient (Wildman–Crippen LogP) is 4.42. The van der Waals surface area contributed by atoms with Crippen molar-refractivity contribution in [1.29, 1.82) is 5.26 Å². The number of para-hydroxylation sites is 1. The molecule has 4 aromatic rings. The first-order valence-electron chi connectivity index (χ1n) is 8.84. The molecule has 0 saturated heterocycles. The van der Waals surface area contributed by atoms with Crippen molar-refractivity contribution in [2.45, 2.75) is 6.54 Å². The molecule has 0 spiro atoms. The lowest BCUT2D eigenvalue weighted by Gasteiger charge is -2.20. The number of methoxy groups -OCH3 is 1. The van der Waals surface area contributed by atoms with E-state index in [9.17, 15) is 4.79 Å². The Morgan fingerprint density at radius 1 is 1.17 bits per heavy atom. The van der Waals surface area contributed by atoms with Crippen LogP contribution in [0.3, 0.4) is 0 Å². The molecule has 0 bridgehead atoms. The summed E-state index contributed by atoms with van der Waals surface area (Å²) in [5, 5.41) is 9.58. The summed E-state index contributed by atoms with van der Waals surface area (Å²) in [6, 6.07) is 18.1. The average Bonchev–Trinajstić information content (AvgIpc) is 3.22. The van der Waals surface area contributed by atoms with Crippen molar-refractivity contribution in [1.82, 2.24) is 9.97 Å². The highest BCUT2D eigenvalue weighted by Crippen LogP contribution is 2.35. The molecule has 142 valence electrons. The first-order valence-corrected chi connectivity index (χ1v) is 9.65. The van der Waals surface area contributed by atoms with Gasteiger partial charge in [0, 0.05) is 18.0 Å². The van der Waals surface area contributed by atoms with Crippen molar-refractivity contribution in [2.75, 3.05) is 12.0 Å². The molecule has 1 amide bonds. The zero-order valence-electron chi connectivity index (χ0n) is 15.6. The number of nitrogens with zero attached hydrogens (tertiary/aromatic N) is 4. The fourth-order valence-corrected chi connectivity index (χ4v) is 3.92.